The number of carbonyl (C=O) groups is 1. The molecule has 1 aromatic carbocycles. The molecular weight excluding hydrogens is 416 g/mol. The van der Waals surface area contributed by atoms with Crippen molar-refractivity contribution in [2.75, 3.05) is 0 Å². The van der Waals surface area contributed by atoms with Gasteiger partial charge >= 0.3 is 5.97 Å². The maximum absolute atomic E-state index is 10.8. The van der Waals surface area contributed by atoms with Crippen LogP contribution in [-0.2, 0) is 11.2 Å². The molecule has 0 spiro atoms. The van der Waals surface area contributed by atoms with Crippen molar-refractivity contribution in [1.29, 1.82) is 0 Å². The van der Waals surface area contributed by atoms with Crippen molar-refractivity contribution in [2.24, 2.45) is 5.92 Å². The summed E-state index contributed by atoms with van der Waals surface area (Å²) in [5.74, 6) is 0.907. The van der Waals surface area contributed by atoms with Gasteiger partial charge in [0.05, 0.1) is 0 Å². The average Bonchev–Trinajstić information content (AvgIpc) is 2.85. The first-order valence-electron chi connectivity index (χ1n) is 15.0. The molecule has 2 rings (SSSR count). The van der Waals surface area contributed by atoms with Gasteiger partial charge in [0.2, 0.25) is 0 Å². The molecule has 0 amide bonds. The van der Waals surface area contributed by atoms with Gasteiger partial charge in [-0.3, -0.25) is 4.79 Å². The molecule has 194 valence electrons. The molecule has 34 heavy (non-hydrogen) atoms. The number of carboxylic acid groups (broad SMARTS) is 1. The summed E-state index contributed by atoms with van der Waals surface area (Å²) >= 11 is 0. The predicted molar refractivity (Wildman–Crippen MR) is 147 cm³/mol. The van der Waals surface area contributed by atoms with Gasteiger partial charge in [-0.15, -0.1) is 0 Å². The van der Waals surface area contributed by atoms with Crippen molar-refractivity contribution < 1.29 is 9.90 Å². The first-order valence-corrected chi connectivity index (χ1v) is 15.0. The van der Waals surface area contributed by atoms with Crippen LogP contribution in [0.25, 0.3) is 0 Å². The monoisotopic (exact) mass is 470 g/mol. The van der Waals surface area contributed by atoms with Crippen LogP contribution < -0.4 is 0 Å². The van der Waals surface area contributed by atoms with E-state index in [4.69, 9.17) is 5.11 Å². The maximum atomic E-state index is 10.8. The van der Waals surface area contributed by atoms with Crippen LogP contribution in [0.2, 0.25) is 0 Å². The molecular formula is C32H54O2. The van der Waals surface area contributed by atoms with Crippen LogP contribution >= 0.6 is 0 Å². The lowest BCUT2D eigenvalue weighted by Crippen LogP contribution is -2.19. The summed E-state index contributed by atoms with van der Waals surface area (Å²) in [6.07, 6.45) is 28.4. The molecule has 1 aromatic rings. The summed E-state index contributed by atoms with van der Waals surface area (Å²) < 4.78 is 0. The van der Waals surface area contributed by atoms with E-state index in [0.717, 1.165) is 24.7 Å². The molecule has 2 unspecified atom stereocenters. The molecule has 2 atom stereocenters. The molecule has 0 radical (unpaired) electrons. The Hall–Kier alpha value is -1.31. The molecule has 1 N–H and O–H groups in total. The minimum absolute atomic E-state index is 0.332. The lowest BCUT2D eigenvalue weighted by molar-refractivity contribution is -0.137. The van der Waals surface area contributed by atoms with E-state index in [1.165, 1.54) is 122 Å². The highest BCUT2D eigenvalue weighted by Crippen LogP contribution is 2.41. The summed E-state index contributed by atoms with van der Waals surface area (Å²) in [7, 11) is 0. The summed E-state index contributed by atoms with van der Waals surface area (Å²) in [4.78, 5) is 10.8. The topological polar surface area (TPSA) is 37.3 Å². The van der Waals surface area contributed by atoms with Crippen LogP contribution in [0.3, 0.4) is 0 Å². The van der Waals surface area contributed by atoms with E-state index >= 15 is 0 Å². The van der Waals surface area contributed by atoms with Crippen molar-refractivity contribution in [3.05, 3.63) is 35.4 Å². The normalized spacial score (nSPS) is 16.3. The van der Waals surface area contributed by atoms with Crippen molar-refractivity contribution in [2.45, 2.75) is 154 Å². The van der Waals surface area contributed by atoms with E-state index in [-0.39, 0.29) is 0 Å². The Morgan fingerprint density at radius 2 is 1.32 bits per heavy atom. The lowest BCUT2D eigenvalue weighted by atomic mass is 9.72. The Morgan fingerprint density at radius 1 is 0.794 bits per heavy atom. The van der Waals surface area contributed by atoms with Crippen LogP contribution in [0.4, 0.5) is 0 Å². The fraction of sp³-hybridized carbons (Fsp3) is 0.781. The number of aliphatic carboxylic acids is 1. The van der Waals surface area contributed by atoms with Crippen LogP contribution in [0.5, 0.6) is 0 Å². The molecule has 1 aliphatic carbocycles. The molecule has 0 bridgehead atoms. The number of aryl methyl sites for hydroxylation is 1. The molecule has 1 aliphatic rings. The first kappa shape index (κ1) is 28.9. The Bertz CT molecular complexity index is 638. The number of carboxylic acids is 1. The predicted octanol–water partition coefficient (Wildman–Crippen LogP) is 10.2. The summed E-state index contributed by atoms with van der Waals surface area (Å²) in [6.45, 7) is 2.29. The summed E-state index contributed by atoms with van der Waals surface area (Å²) in [5, 5.41) is 8.86. The molecule has 2 heteroatoms. The highest BCUT2D eigenvalue weighted by Gasteiger charge is 2.27. The van der Waals surface area contributed by atoms with E-state index in [0.29, 0.717) is 6.42 Å². The van der Waals surface area contributed by atoms with E-state index in [1.54, 1.807) is 11.1 Å². The Morgan fingerprint density at radius 3 is 1.91 bits per heavy atom. The second-order valence-corrected chi connectivity index (χ2v) is 11.0. The van der Waals surface area contributed by atoms with E-state index in [2.05, 4.69) is 31.2 Å². The maximum Gasteiger partial charge on any atom is 0.303 e. The second kappa shape index (κ2) is 18.9. The number of hydrogen-bond donors (Lipinski definition) is 1. The zero-order valence-corrected chi connectivity index (χ0v) is 22.4. The third-order valence-electron chi connectivity index (χ3n) is 8.13. The zero-order chi connectivity index (χ0) is 24.3. The molecule has 0 heterocycles. The molecule has 0 saturated heterocycles. The van der Waals surface area contributed by atoms with E-state index < -0.39 is 5.97 Å². The molecule has 0 aromatic heterocycles. The zero-order valence-electron chi connectivity index (χ0n) is 22.4. The van der Waals surface area contributed by atoms with Gasteiger partial charge in [-0.25, -0.2) is 0 Å². The minimum atomic E-state index is -0.649. The summed E-state index contributed by atoms with van der Waals surface area (Å²) in [6, 6.07) is 9.21. The molecule has 0 fully saturated rings. The minimum Gasteiger partial charge on any atom is -0.481 e. The van der Waals surface area contributed by atoms with Crippen molar-refractivity contribution in [1.82, 2.24) is 0 Å². The van der Waals surface area contributed by atoms with E-state index in [9.17, 15) is 4.79 Å². The van der Waals surface area contributed by atoms with Gasteiger partial charge in [-0.05, 0) is 61.5 Å². The number of rotatable bonds is 21. The third kappa shape index (κ3) is 12.4. The van der Waals surface area contributed by atoms with Crippen LogP contribution in [-0.4, -0.2) is 11.1 Å². The molecule has 0 aliphatic heterocycles. The Labute approximate surface area is 211 Å². The van der Waals surface area contributed by atoms with Gasteiger partial charge < -0.3 is 5.11 Å². The highest BCUT2D eigenvalue weighted by atomic mass is 16.4. The fourth-order valence-corrected chi connectivity index (χ4v) is 6.11. The lowest BCUT2D eigenvalue weighted by Gasteiger charge is -2.33. The van der Waals surface area contributed by atoms with E-state index in [1.807, 2.05) is 0 Å². The quantitative estimate of drug-likeness (QED) is 0.181. The van der Waals surface area contributed by atoms with Crippen molar-refractivity contribution >= 4 is 5.97 Å². The van der Waals surface area contributed by atoms with Gasteiger partial charge in [0.1, 0.15) is 0 Å². The smallest absolute Gasteiger partial charge is 0.303 e. The van der Waals surface area contributed by atoms with Gasteiger partial charge in [0.15, 0.2) is 0 Å². The van der Waals surface area contributed by atoms with Crippen LogP contribution in [0.15, 0.2) is 24.3 Å². The average molecular weight is 471 g/mol. The number of benzene rings is 1. The third-order valence-corrected chi connectivity index (χ3v) is 8.13. The van der Waals surface area contributed by atoms with Gasteiger partial charge in [0.25, 0.3) is 0 Å². The Balaban J connectivity index is 1.67. The van der Waals surface area contributed by atoms with Gasteiger partial charge in [0, 0.05) is 6.42 Å². The van der Waals surface area contributed by atoms with Crippen LogP contribution in [0.1, 0.15) is 159 Å². The van der Waals surface area contributed by atoms with Gasteiger partial charge in [-0.2, -0.15) is 0 Å². The number of unbranched alkanes of at least 4 members (excludes halogenated alkanes) is 14. The number of fused-ring (bicyclic) bond motifs is 1. The highest BCUT2D eigenvalue weighted by molar-refractivity contribution is 5.66. The second-order valence-electron chi connectivity index (χ2n) is 11.0. The first-order chi connectivity index (χ1) is 16.7. The van der Waals surface area contributed by atoms with Crippen molar-refractivity contribution in [3.63, 3.8) is 0 Å². The largest absolute Gasteiger partial charge is 0.481 e. The van der Waals surface area contributed by atoms with Gasteiger partial charge in [-0.1, -0.05) is 128 Å². The SMILES string of the molecule is CCCCCCCCCCCCCCC(CCCCCCC(=O)O)C1CCCc2ccccc21. The summed E-state index contributed by atoms with van der Waals surface area (Å²) in [5.41, 5.74) is 3.24. The molecule has 2 nitrogen and oxygen atoms in total. The fourth-order valence-electron chi connectivity index (χ4n) is 6.11. The number of hydrogen-bond acceptors (Lipinski definition) is 1. The standard InChI is InChI=1S/C32H54O2/c1-2-3-4-5-6-7-8-9-10-11-12-15-21-28(22-16-13-14-17-27-32(33)34)31-26-20-24-29-23-18-19-25-30(29)31/h18-19,23,25,28,31H,2-17,20-22,24,26-27H2,1H3,(H,33,34). The van der Waals surface area contributed by atoms with Crippen LogP contribution in [0, 0.1) is 5.92 Å². The Kier molecular flexibility index (Phi) is 16.1. The molecule has 0 saturated carbocycles. The van der Waals surface area contributed by atoms with Crippen molar-refractivity contribution in [3.8, 4) is 0 Å².